The third-order valence-electron chi connectivity index (χ3n) is 3.52. The molecular weight excluding hydrogens is 256 g/mol. The van der Waals surface area contributed by atoms with Crippen LogP contribution in [-0.4, -0.2) is 5.78 Å². The van der Waals surface area contributed by atoms with Crippen molar-refractivity contribution in [2.24, 2.45) is 5.92 Å². The average Bonchev–Trinajstić information content (AvgIpc) is 2.48. The number of benzene rings is 1. The second-order valence-corrected chi connectivity index (χ2v) is 5.21. The molecular formula is C20H36O. The molecule has 21 heavy (non-hydrogen) atoms. The van der Waals surface area contributed by atoms with Crippen molar-refractivity contribution in [1.29, 1.82) is 0 Å². The highest BCUT2D eigenvalue weighted by molar-refractivity contribution is 5.80. The maximum Gasteiger partial charge on any atom is 0.136 e. The number of carbonyl (C=O) groups is 1. The lowest BCUT2D eigenvalue weighted by molar-refractivity contribution is -0.122. The molecule has 0 N–H and O–H groups in total. The lowest BCUT2D eigenvalue weighted by Crippen LogP contribution is -2.16. The summed E-state index contributed by atoms with van der Waals surface area (Å²) in [5.41, 5.74) is 2.59. The minimum atomic E-state index is 0. The fourth-order valence-corrected chi connectivity index (χ4v) is 2.43. The van der Waals surface area contributed by atoms with Crippen molar-refractivity contribution in [3.8, 4) is 0 Å². The summed E-state index contributed by atoms with van der Waals surface area (Å²) in [6.07, 6.45) is 6.27. The highest BCUT2D eigenvalue weighted by atomic mass is 16.1. The molecule has 1 rings (SSSR count). The van der Waals surface area contributed by atoms with Gasteiger partial charge in [0.25, 0.3) is 0 Å². The summed E-state index contributed by atoms with van der Waals surface area (Å²) < 4.78 is 0. The summed E-state index contributed by atoms with van der Waals surface area (Å²) in [6, 6.07) is 8.54. The molecule has 0 aromatic heterocycles. The largest absolute Gasteiger partial charge is 0.299 e. The normalized spacial score (nSPS) is 10.9. The molecule has 0 bridgehead atoms. The Balaban J connectivity index is 0. The lowest BCUT2D eigenvalue weighted by atomic mass is 9.89. The summed E-state index contributed by atoms with van der Waals surface area (Å²) in [5, 5.41) is 0. The Hall–Kier alpha value is -1.11. The van der Waals surface area contributed by atoms with Crippen LogP contribution in [0.4, 0.5) is 0 Å². The quantitative estimate of drug-likeness (QED) is 0.508. The Bertz CT molecular complexity index is 368. The van der Waals surface area contributed by atoms with Crippen LogP contribution in [0, 0.1) is 12.8 Å². The summed E-state index contributed by atoms with van der Waals surface area (Å²) in [4.78, 5) is 12.0. The van der Waals surface area contributed by atoms with Crippen LogP contribution in [-0.2, 0) is 11.2 Å². The zero-order chi connectivity index (χ0) is 15.4. The first-order chi connectivity index (χ1) is 9.67. The highest BCUT2D eigenvalue weighted by Gasteiger charge is 2.16. The van der Waals surface area contributed by atoms with E-state index in [-0.39, 0.29) is 13.3 Å². The molecule has 0 heterocycles. The van der Waals surface area contributed by atoms with E-state index in [1.165, 1.54) is 30.4 Å². The molecule has 122 valence electrons. The van der Waals surface area contributed by atoms with Gasteiger partial charge in [0, 0.05) is 12.3 Å². The molecule has 1 unspecified atom stereocenters. The lowest BCUT2D eigenvalue weighted by Gasteiger charge is -2.15. The topological polar surface area (TPSA) is 17.1 Å². The number of carbonyl (C=O) groups excluding carboxylic acids is 1. The Kier molecular flexibility index (Phi) is 14.6. The van der Waals surface area contributed by atoms with E-state index in [1.54, 1.807) is 0 Å². The molecule has 1 aromatic rings. The molecule has 1 heteroatoms. The Morgan fingerprint density at radius 3 is 2.33 bits per heavy atom. The minimum absolute atomic E-state index is 0. The summed E-state index contributed by atoms with van der Waals surface area (Å²) >= 11 is 0. The third kappa shape index (κ3) is 9.44. The molecule has 1 atom stereocenters. The fourth-order valence-electron chi connectivity index (χ4n) is 2.43. The van der Waals surface area contributed by atoms with Gasteiger partial charge in [0.05, 0.1) is 0 Å². The van der Waals surface area contributed by atoms with Crippen molar-refractivity contribution >= 4 is 5.78 Å². The first-order valence-corrected chi connectivity index (χ1v) is 8.25. The van der Waals surface area contributed by atoms with Crippen LogP contribution >= 0.6 is 0 Å². The van der Waals surface area contributed by atoms with E-state index in [4.69, 9.17) is 0 Å². The average molecular weight is 293 g/mol. The van der Waals surface area contributed by atoms with Gasteiger partial charge in [-0.25, -0.2) is 0 Å². The molecule has 0 aliphatic heterocycles. The van der Waals surface area contributed by atoms with Crippen molar-refractivity contribution in [2.75, 3.05) is 0 Å². The minimum Gasteiger partial charge on any atom is -0.299 e. The molecule has 1 nitrogen and oxygen atoms in total. The summed E-state index contributed by atoms with van der Waals surface area (Å²) in [6.45, 7) is 10.3. The van der Waals surface area contributed by atoms with Gasteiger partial charge < -0.3 is 0 Å². The standard InChI is InChI=1S/C17H26O.C2H6.CH4/c1-4-6-7-11-16(17(18)5-2)13-15-10-8-9-14(3)12-15;1-2;/h8-10,12,16H,4-7,11,13H2,1-3H3;1-2H3;1H4. The molecule has 0 saturated heterocycles. The molecule has 0 saturated carbocycles. The van der Waals surface area contributed by atoms with Gasteiger partial charge in [-0.3, -0.25) is 4.79 Å². The number of Topliss-reactive ketones (excluding diaryl/α,β-unsaturated/α-hetero) is 1. The van der Waals surface area contributed by atoms with E-state index in [1.807, 2.05) is 20.8 Å². The van der Waals surface area contributed by atoms with Crippen LogP contribution in [0.5, 0.6) is 0 Å². The monoisotopic (exact) mass is 292 g/mol. The summed E-state index contributed by atoms with van der Waals surface area (Å²) in [5.74, 6) is 0.649. The molecule has 0 radical (unpaired) electrons. The van der Waals surface area contributed by atoms with Gasteiger partial charge in [-0.05, 0) is 25.3 Å². The number of aryl methyl sites for hydroxylation is 1. The van der Waals surface area contributed by atoms with Crippen molar-refractivity contribution < 1.29 is 4.79 Å². The van der Waals surface area contributed by atoms with E-state index in [0.717, 1.165) is 12.8 Å². The van der Waals surface area contributed by atoms with E-state index >= 15 is 0 Å². The van der Waals surface area contributed by atoms with Gasteiger partial charge in [-0.1, -0.05) is 84.2 Å². The first kappa shape index (κ1) is 22.2. The van der Waals surface area contributed by atoms with Crippen LogP contribution in [0.15, 0.2) is 24.3 Å². The fraction of sp³-hybridized carbons (Fsp3) is 0.650. The smallest absolute Gasteiger partial charge is 0.136 e. The van der Waals surface area contributed by atoms with Crippen LogP contribution in [0.1, 0.15) is 78.4 Å². The van der Waals surface area contributed by atoms with Gasteiger partial charge in [0.15, 0.2) is 0 Å². The maximum atomic E-state index is 12.0. The van der Waals surface area contributed by atoms with E-state index < -0.39 is 0 Å². The van der Waals surface area contributed by atoms with Crippen molar-refractivity contribution in [3.05, 3.63) is 35.4 Å². The van der Waals surface area contributed by atoms with E-state index in [2.05, 4.69) is 38.1 Å². The SMILES string of the molecule is C.CC.CCCCCC(Cc1cccc(C)c1)C(=O)CC. The van der Waals surface area contributed by atoms with Crippen LogP contribution in [0.2, 0.25) is 0 Å². The number of hydrogen-bond acceptors (Lipinski definition) is 1. The number of hydrogen-bond donors (Lipinski definition) is 0. The second-order valence-electron chi connectivity index (χ2n) is 5.21. The maximum absolute atomic E-state index is 12.0. The number of ketones is 1. The molecule has 0 aliphatic carbocycles. The summed E-state index contributed by atoms with van der Waals surface area (Å²) in [7, 11) is 0. The molecule has 0 spiro atoms. The predicted molar refractivity (Wildman–Crippen MR) is 95.9 cm³/mol. The Labute approximate surface area is 133 Å². The van der Waals surface area contributed by atoms with Gasteiger partial charge in [0.1, 0.15) is 5.78 Å². The van der Waals surface area contributed by atoms with E-state index in [0.29, 0.717) is 12.2 Å². The highest BCUT2D eigenvalue weighted by Crippen LogP contribution is 2.19. The van der Waals surface area contributed by atoms with Crippen LogP contribution in [0.25, 0.3) is 0 Å². The number of unbranched alkanes of at least 4 members (excludes halogenated alkanes) is 2. The molecule has 0 fully saturated rings. The number of rotatable bonds is 8. The molecule has 0 aliphatic rings. The van der Waals surface area contributed by atoms with Crippen LogP contribution in [0.3, 0.4) is 0 Å². The van der Waals surface area contributed by atoms with Gasteiger partial charge in [-0.2, -0.15) is 0 Å². The van der Waals surface area contributed by atoms with Crippen molar-refractivity contribution in [2.45, 2.75) is 80.6 Å². The third-order valence-corrected chi connectivity index (χ3v) is 3.52. The zero-order valence-corrected chi connectivity index (χ0v) is 14.0. The van der Waals surface area contributed by atoms with Crippen LogP contribution < -0.4 is 0 Å². The van der Waals surface area contributed by atoms with Gasteiger partial charge in [-0.15, -0.1) is 0 Å². The molecule has 1 aromatic carbocycles. The van der Waals surface area contributed by atoms with Gasteiger partial charge >= 0.3 is 0 Å². The van der Waals surface area contributed by atoms with E-state index in [9.17, 15) is 4.79 Å². The first-order valence-electron chi connectivity index (χ1n) is 8.25. The predicted octanol–water partition coefficient (Wildman–Crippen LogP) is 6.38. The van der Waals surface area contributed by atoms with Crippen molar-refractivity contribution in [1.82, 2.24) is 0 Å². The second kappa shape index (κ2) is 13.9. The van der Waals surface area contributed by atoms with Gasteiger partial charge in [0.2, 0.25) is 0 Å². The molecule has 0 amide bonds. The van der Waals surface area contributed by atoms with Crippen molar-refractivity contribution in [3.63, 3.8) is 0 Å². The zero-order valence-electron chi connectivity index (χ0n) is 14.0. The Morgan fingerprint density at radius 1 is 1.14 bits per heavy atom. The Morgan fingerprint density at radius 2 is 1.81 bits per heavy atom.